The van der Waals surface area contributed by atoms with Crippen molar-refractivity contribution < 1.29 is 9.53 Å². The fourth-order valence-corrected chi connectivity index (χ4v) is 2.17. The van der Waals surface area contributed by atoms with Crippen molar-refractivity contribution in [2.75, 3.05) is 7.11 Å². The molecule has 0 saturated heterocycles. The largest absolute Gasteiger partial charge is 0.497 e. The highest BCUT2D eigenvalue weighted by Gasteiger charge is 2.14. The number of ether oxygens (including phenoxy) is 1. The number of carbonyl (C=O) groups excluding carboxylic acids is 1. The third kappa shape index (κ3) is 3.07. The molecule has 1 heterocycles. The highest BCUT2D eigenvalue weighted by Crippen LogP contribution is 2.15. The lowest BCUT2D eigenvalue weighted by Gasteiger charge is -2.05. The van der Waals surface area contributed by atoms with Crippen LogP contribution in [0.5, 0.6) is 5.75 Å². The standard InChI is InChI=1S/C16H20N2O2/c1-4-13-11-15(18(5-2)17-13)16(19)10-12-7-6-8-14(9-12)20-3/h6-9,11H,4-5,10H2,1-3H3. The first-order valence-corrected chi connectivity index (χ1v) is 6.90. The van der Waals surface area contributed by atoms with Crippen LogP contribution >= 0.6 is 0 Å². The number of Topliss-reactive ketones (excluding diaryl/α,β-unsaturated/α-hetero) is 1. The topological polar surface area (TPSA) is 44.1 Å². The van der Waals surface area contributed by atoms with Gasteiger partial charge >= 0.3 is 0 Å². The van der Waals surface area contributed by atoms with E-state index in [9.17, 15) is 4.79 Å². The number of aryl methyl sites for hydroxylation is 2. The molecule has 0 bridgehead atoms. The van der Waals surface area contributed by atoms with Crippen molar-refractivity contribution in [3.8, 4) is 5.75 Å². The second kappa shape index (κ2) is 6.37. The van der Waals surface area contributed by atoms with Crippen molar-refractivity contribution in [1.82, 2.24) is 9.78 Å². The van der Waals surface area contributed by atoms with Gasteiger partial charge in [0.2, 0.25) is 0 Å². The molecule has 0 radical (unpaired) electrons. The van der Waals surface area contributed by atoms with Crippen LogP contribution in [0.2, 0.25) is 0 Å². The Balaban J connectivity index is 2.20. The maximum absolute atomic E-state index is 12.4. The second-order valence-corrected chi connectivity index (χ2v) is 4.64. The van der Waals surface area contributed by atoms with Gasteiger partial charge in [0.05, 0.1) is 12.8 Å². The molecule has 0 amide bonds. The summed E-state index contributed by atoms with van der Waals surface area (Å²) in [5.74, 6) is 0.862. The lowest BCUT2D eigenvalue weighted by atomic mass is 10.1. The van der Waals surface area contributed by atoms with Crippen molar-refractivity contribution in [3.63, 3.8) is 0 Å². The van der Waals surface area contributed by atoms with Crippen molar-refractivity contribution in [2.24, 2.45) is 0 Å². The summed E-state index contributed by atoms with van der Waals surface area (Å²) in [7, 11) is 1.63. The van der Waals surface area contributed by atoms with Gasteiger partial charge in [0.25, 0.3) is 0 Å². The Labute approximate surface area is 119 Å². The summed E-state index contributed by atoms with van der Waals surface area (Å²) in [6, 6.07) is 9.50. The average Bonchev–Trinajstić information content (AvgIpc) is 2.91. The molecule has 0 spiro atoms. The number of hydrogen-bond acceptors (Lipinski definition) is 3. The molecular formula is C16H20N2O2. The summed E-state index contributed by atoms with van der Waals surface area (Å²) >= 11 is 0. The monoisotopic (exact) mass is 272 g/mol. The highest BCUT2D eigenvalue weighted by molar-refractivity contribution is 5.96. The van der Waals surface area contributed by atoms with Gasteiger partial charge < -0.3 is 4.74 Å². The normalized spacial score (nSPS) is 10.6. The summed E-state index contributed by atoms with van der Waals surface area (Å²) < 4.78 is 6.96. The first kappa shape index (κ1) is 14.3. The quantitative estimate of drug-likeness (QED) is 0.759. The Morgan fingerprint density at radius 2 is 2.10 bits per heavy atom. The lowest BCUT2D eigenvalue weighted by Crippen LogP contribution is -2.11. The number of carbonyl (C=O) groups is 1. The average molecular weight is 272 g/mol. The zero-order chi connectivity index (χ0) is 14.5. The highest BCUT2D eigenvalue weighted by atomic mass is 16.5. The predicted octanol–water partition coefficient (Wildman–Crippen LogP) is 2.90. The van der Waals surface area contributed by atoms with Crippen LogP contribution in [0.3, 0.4) is 0 Å². The number of ketones is 1. The summed E-state index contributed by atoms with van der Waals surface area (Å²) in [5.41, 5.74) is 2.60. The van der Waals surface area contributed by atoms with Gasteiger partial charge in [-0.3, -0.25) is 9.48 Å². The zero-order valence-corrected chi connectivity index (χ0v) is 12.2. The van der Waals surface area contributed by atoms with Crippen molar-refractivity contribution in [2.45, 2.75) is 33.2 Å². The third-order valence-corrected chi connectivity index (χ3v) is 3.28. The first-order valence-electron chi connectivity index (χ1n) is 6.90. The fraction of sp³-hybridized carbons (Fsp3) is 0.375. The van der Waals surface area contributed by atoms with Gasteiger partial charge in [0, 0.05) is 13.0 Å². The van der Waals surface area contributed by atoms with E-state index >= 15 is 0 Å². The fourth-order valence-electron chi connectivity index (χ4n) is 2.17. The van der Waals surface area contributed by atoms with Crippen LogP contribution in [-0.2, 0) is 19.4 Å². The number of nitrogens with zero attached hydrogens (tertiary/aromatic N) is 2. The maximum atomic E-state index is 12.4. The Hall–Kier alpha value is -2.10. The van der Waals surface area contributed by atoms with Gasteiger partial charge in [-0.15, -0.1) is 0 Å². The Kier molecular flexibility index (Phi) is 4.56. The molecule has 2 rings (SSSR count). The summed E-state index contributed by atoms with van der Waals surface area (Å²) in [5, 5.41) is 4.41. The van der Waals surface area contributed by atoms with E-state index in [-0.39, 0.29) is 5.78 Å². The molecule has 2 aromatic rings. The molecule has 4 nitrogen and oxygen atoms in total. The van der Waals surface area contributed by atoms with Crippen molar-refractivity contribution in [1.29, 1.82) is 0 Å². The molecule has 0 N–H and O–H groups in total. The van der Waals surface area contributed by atoms with Gasteiger partial charge in [0.15, 0.2) is 5.78 Å². The number of hydrogen-bond donors (Lipinski definition) is 0. The Morgan fingerprint density at radius 1 is 1.30 bits per heavy atom. The molecule has 0 aliphatic carbocycles. The van der Waals surface area contributed by atoms with E-state index in [0.717, 1.165) is 23.4 Å². The minimum Gasteiger partial charge on any atom is -0.497 e. The predicted molar refractivity (Wildman–Crippen MR) is 78.3 cm³/mol. The Morgan fingerprint density at radius 3 is 2.75 bits per heavy atom. The van der Waals surface area contributed by atoms with E-state index in [1.165, 1.54) is 0 Å². The van der Waals surface area contributed by atoms with E-state index in [2.05, 4.69) is 5.10 Å². The number of rotatable bonds is 6. The molecular weight excluding hydrogens is 252 g/mol. The molecule has 0 fully saturated rings. The summed E-state index contributed by atoms with van der Waals surface area (Å²) in [4.78, 5) is 12.4. The van der Waals surface area contributed by atoms with Gasteiger partial charge in [-0.2, -0.15) is 5.10 Å². The lowest BCUT2D eigenvalue weighted by molar-refractivity contribution is 0.0982. The molecule has 106 valence electrons. The van der Waals surface area contributed by atoms with E-state index < -0.39 is 0 Å². The number of benzene rings is 1. The van der Waals surface area contributed by atoms with Crippen LogP contribution in [0.15, 0.2) is 30.3 Å². The number of aromatic nitrogens is 2. The molecule has 0 unspecified atom stereocenters. The maximum Gasteiger partial charge on any atom is 0.185 e. The van der Waals surface area contributed by atoms with Crippen molar-refractivity contribution in [3.05, 3.63) is 47.3 Å². The number of methoxy groups -OCH3 is 1. The molecule has 0 aliphatic rings. The minimum absolute atomic E-state index is 0.0901. The molecule has 0 atom stereocenters. The van der Waals surface area contributed by atoms with Crippen LogP contribution in [0.25, 0.3) is 0 Å². The molecule has 0 aliphatic heterocycles. The van der Waals surface area contributed by atoms with Crippen LogP contribution in [0.4, 0.5) is 0 Å². The first-order chi connectivity index (χ1) is 9.67. The van der Waals surface area contributed by atoms with E-state index in [1.54, 1.807) is 11.8 Å². The molecule has 1 aromatic heterocycles. The van der Waals surface area contributed by atoms with E-state index in [1.807, 2.05) is 44.2 Å². The van der Waals surface area contributed by atoms with Gasteiger partial charge in [-0.05, 0) is 37.1 Å². The van der Waals surface area contributed by atoms with E-state index in [0.29, 0.717) is 18.7 Å². The van der Waals surface area contributed by atoms with Crippen LogP contribution in [-0.4, -0.2) is 22.7 Å². The Bertz CT molecular complexity index is 602. The summed E-state index contributed by atoms with van der Waals surface area (Å²) in [6.07, 6.45) is 1.21. The second-order valence-electron chi connectivity index (χ2n) is 4.64. The van der Waals surface area contributed by atoms with Crippen LogP contribution in [0, 0.1) is 0 Å². The zero-order valence-electron chi connectivity index (χ0n) is 12.2. The minimum atomic E-state index is 0.0901. The van der Waals surface area contributed by atoms with Crippen LogP contribution in [0.1, 0.15) is 35.6 Å². The smallest absolute Gasteiger partial charge is 0.185 e. The SMILES string of the molecule is CCc1cc(C(=O)Cc2cccc(OC)c2)n(CC)n1. The summed E-state index contributed by atoms with van der Waals surface area (Å²) in [6.45, 7) is 4.74. The molecule has 4 heteroatoms. The molecule has 0 saturated carbocycles. The molecule has 20 heavy (non-hydrogen) atoms. The third-order valence-electron chi connectivity index (χ3n) is 3.28. The molecule has 1 aromatic carbocycles. The van der Waals surface area contributed by atoms with Gasteiger partial charge in [0.1, 0.15) is 11.4 Å². The van der Waals surface area contributed by atoms with E-state index in [4.69, 9.17) is 4.74 Å². The van der Waals surface area contributed by atoms with Crippen LogP contribution < -0.4 is 4.74 Å². The van der Waals surface area contributed by atoms with Gasteiger partial charge in [-0.25, -0.2) is 0 Å². The van der Waals surface area contributed by atoms with Gasteiger partial charge in [-0.1, -0.05) is 19.1 Å². The van der Waals surface area contributed by atoms with Crippen molar-refractivity contribution >= 4 is 5.78 Å².